The third kappa shape index (κ3) is 4.36. The summed E-state index contributed by atoms with van der Waals surface area (Å²) in [7, 11) is 1.66. The lowest BCUT2D eigenvalue weighted by atomic mass is 9.99. The predicted molar refractivity (Wildman–Crippen MR) is 70.2 cm³/mol. The van der Waals surface area contributed by atoms with Crippen molar-refractivity contribution in [2.75, 3.05) is 7.11 Å². The first-order valence-electron chi connectivity index (χ1n) is 6.24. The maximum Gasteiger partial charge on any atom is 0.122 e. The van der Waals surface area contributed by atoms with Crippen molar-refractivity contribution < 1.29 is 9.84 Å². The molecule has 0 aliphatic heterocycles. The SMILES string of the molecule is CCCC(N)C(O)CCc1ccccc1OC. The highest BCUT2D eigenvalue weighted by Crippen LogP contribution is 2.20. The van der Waals surface area contributed by atoms with Gasteiger partial charge < -0.3 is 15.6 Å². The summed E-state index contributed by atoms with van der Waals surface area (Å²) in [5, 5.41) is 9.91. The van der Waals surface area contributed by atoms with E-state index in [0.717, 1.165) is 30.6 Å². The van der Waals surface area contributed by atoms with Crippen LogP contribution in [0.15, 0.2) is 24.3 Å². The van der Waals surface area contributed by atoms with Gasteiger partial charge in [-0.2, -0.15) is 0 Å². The molecule has 0 spiro atoms. The van der Waals surface area contributed by atoms with Crippen molar-refractivity contribution in [2.24, 2.45) is 5.73 Å². The van der Waals surface area contributed by atoms with Gasteiger partial charge in [0, 0.05) is 6.04 Å². The first kappa shape index (κ1) is 14.0. The van der Waals surface area contributed by atoms with Crippen LogP contribution in [-0.4, -0.2) is 24.4 Å². The molecule has 2 atom stereocenters. The Hall–Kier alpha value is -1.06. The molecule has 0 saturated carbocycles. The highest BCUT2D eigenvalue weighted by molar-refractivity contribution is 5.33. The zero-order chi connectivity index (χ0) is 12.7. The molecule has 0 aliphatic carbocycles. The summed E-state index contributed by atoms with van der Waals surface area (Å²) in [6.07, 6.45) is 2.92. The minimum Gasteiger partial charge on any atom is -0.496 e. The number of nitrogens with two attached hydrogens (primary N) is 1. The summed E-state index contributed by atoms with van der Waals surface area (Å²) >= 11 is 0. The molecular formula is C14H23NO2. The lowest BCUT2D eigenvalue weighted by molar-refractivity contribution is 0.131. The molecule has 17 heavy (non-hydrogen) atoms. The summed E-state index contributed by atoms with van der Waals surface area (Å²) in [6.45, 7) is 2.08. The van der Waals surface area contributed by atoms with Gasteiger partial charge in [0.15, 0.2) is 0 Å². The van der Waals surface area contributed by atoms with Crippen LogP contribution in [0.1, 0.15) is 31.7 Å². The molecule has 0 fully saturated rings. The van der Waals surface area contributed by atoms with Crippen molar-refractivity contribution in [3.05, 3.63) is 29.8 Å². The zero-order valence-electron chi connectivity index (χ0n) is 10.7. The molecule has 0 radical (unpaired) electrons. The number of rotatable bonds is 7. The predicted octanol–water partition coefficient (Wildman–Crippen LogP) is 2.12. The number of hydrogen-bond acceptors (Lipinski definition) is 3. The number of hydrogen-bond donors (Lipinski definition) is 2. The van der Waals surface area contributed by atoms with E-state index in [9.17, 15) is 5.11 Å². The molecule has 0 aliphatic rings. The van der Waals surface area contributed by atoms with Crippen LogP contribution in [-0.2, 0) is 6.42 Å². The third-order valence-corrected chi connectivity index (χ3v) is 3.02. The summed E-state index contributed by atoms with van der Waals surface area (Å²) in [4.78, 5) is 0. The van der Waals surface area contributed by atoms with Crippen molar-refractivity contribution in [3.8, 4) is 5.75 Å². The van der Waals surface area contributed by atoms with Crippen LogP contribution in [0.25, 0.3) is 0 Å². The van der Waals surface area contributed by atoms with Gasteiger partial charge in [-0.3, -0.25) is 0 Å². The van der Waals surface area contributed by atoms with Crippen molar-refractivity contribution in [1.29, 1.82) is 0 Å². The minimum atomic E-state index is -0.431. The van der Waals surface area contributed by atoms with Crippen LogP contribution in [0, 0.1) is 0 Å². The Bertz CT molecular complexity index is 328. The van der Waals surface area contributed by atoms with Crippen molar-refractivity contribution >= 4 is 0 Å². The highest BCUT2D eigenvalue weighted by Gasteiger charge is 2.14. The zero-order valence-corrected chi connectivity index (χ0v) is 10.7. The maximum absolute atomic E-state index is 9.91. The molecule has 1 aromatic carbocycles. The van der Waals surface area contributed by atoms with Crippen LogP contribution in [0.5, 0.6) is 5.75 Å². The standard InChI is InChI=1S/C14H23NO2/c1-3-6-12(15)13(16)10-9-11-7-4-5-8-14(11)17-2/h4-5,7-8,12-13,16H,3,6,9-10,15H2,1-2H3. The number of para-hydroxylation sites is 1. The number of aliphatic hydroxyl groups is 1. The Balaban J connectivity index is 2.49. The van der Waals surface area contributed by atoms with Crippen LogP contribution >= 0.6 is 0 Å². The fraction of sp³-hybridized carbons (Fsp3) is 0.571. The van der Waals surface area contributed by atoms with Gasteiger partial charge in [-0.15, -0.1) is 0 Å². The lowest BCUT2D eigenvalue weighted by Crippen LogP contribution is -2.34. The van der Waals surface area contributed by atoms with Crippen LogP contribution in [0.2, 0.25) is 0 Å². The van der Waals surface area contributed by atoms with Gasteiger partial charge in [0.2, 0.25) is 0 Å². The summed E-state index contributed by atoms with van der Waals surface area (Å²) in [6, 6.07) is 7.78. The second-order valence-corrected chi connectivity index (χ2v) is 4.37. The third-order valence-electron chi connectivity index (χ3n) is 3.02. The van der Waals surface area contributed by atoms with Gasteiger partial charge in [-0.05, 0) is 30.9 Å². The molecule has 3 nitrogen and oxygen atoms in total. The Morgan fingerprint density at radius 1 is 1.29 bits per heavy atom. The van der Waals surface area contributed by atoms with E-state index in [1.54, 1.807) is 7.11 Å². The van der Waals surface area contributed by atoms with E-state index in [0.29, 0.717) is 6.42 Å². The van der Waals surface area contributed by atoms with Gasteiger partial charge in [0.05, 0.1) is 13.2 Å². The Morgan fingerprint density at radius 2 is 2.00 bits per heavy atom. The second-order valence-electron chi connectivity index (χ2n) is 4.37. The Morgan fingerprint density at radius 3 is 2.65 bits per heavy atom. The van der Waals surface area contributed by atoms with E-state index < -0.39 is 6.10 Å². The van der Waals surface area contributed by atoms with Crippen molar-refractivity contribution in [1.82, 2.24) is 0 Å². The van der Waals surface area contributed by atoms with Crippen LogP contribution in [0.3, 0.4) is 0 Å². The van der Waals surface area contributed by atoms with Gasteiger partial charge >= 0.3 is 0 Å². The lowest BCUT2D eigenvalue weighted by Gasteiger charge is -2.18. The molecule has 1 aromatic rings. The quantitative estimate of drug-likeness (QED) is 0.763. The number of aryl methyl sites for hydroxylation is 1. The normalized spacial score (nSPS) is 14.4. The molecule has 0 heterocycles. The molecular weight excluding hydrogens is 214 g/mol. The van der Waals surface area contributed by atoms with Crippen molar-refractivity contribution in [3.63, 3.8) is 0 Å². The molecule has 1 rings (SSSR count). The summed E-state index contributed by atoms with van der Waals surface area (Å²) < 4.78 is 5.27. The van der Waals surface area contributed by atoms with E-state index in [2.05, 4.69) is 6.92 Å². The minimum absolute atomic E-state index is 0.116. The smallest absolute Gasteiger partial charge is 0.122 e. The van der Waals surface area contributed by atoms with E-state index in [-0.39, 0.29) is 6.04 Å². The summed E-state index contributed by atoms with van der Waals surface area (Å²) in [5.41, 5.74) is 7.00. The molecule has 96 valence electrons. The van der Waals surface area contributed by atoms with Gasteiger partial charge in [0.25, 0.3) is 0 Å². The number of methoxy groups -OCH3 is 1. The molecule has 3 N–H and O–H groups in total. The van der Waals surface area contributed by atoms with E-state index in [1.165, 1.54) is 0 Å². The number of ether oxygens (including phenoxy) is 1. The van der Waals surface area contributed by atoms with Crippen molar-refractivity contribution in [2.45, 2.75) is 44.8 Å². The highest BCUT2D eigenvalue weighted by atomic mass is 16.5. The first-order chi connectivity index (χ1) is 8.19. The van der Waals surface area contributed by atoms with Gasteiger partial charge in [0.1, 0.15) is 5.75 Å². The molecule has 0 amide bonds. The fourth-order valence-corrected chi connectivity index (χ4v) is 1.95. The first-order valence-corrected chi connectivity index (χ1v) is 6.24. The summed E-state index contributed by atoms with van der Waals surface area (Å²) in [5.74, 6) is 0.878. The fourth-order valence-electron chi connectivity index (χ4n) is 1.95. The molecule has 0 bridgehead atoms. The van der Waals surface area contributed by atoms with E-state index in [1.807, 2.05) is 24.3 Å². The maximum atomic E-state index is 9.91. The van der Waals surface area contributed by atoms with Gasteiger partial charge in [-0.1, -0.05) is 31.5 Å². The average molecular weight is 237 g/mol. The molecule has 3 heteroatoms. The Labute approximate surface area is 104 Å². The average Bonchev–Trinajstić information content (AvgIpc) is 2.36. The molecule has 0 saturated heterocycles. The number of benzene rings is 1. The largest absolute Gasteiger partial charge is 0.496 e. The number of aliphatic hydroxyl groups excluding tert-OH is 1. The molecule has 2 unspecified atom stereocenters. The monoisotopic (exact) mass is 237 g/mol. The van der Waals surface area contributed by atoms with Crippen LogP contribution < -0.4 is 10.5 Å². The van der Waals surface area contributed by atoms with E-state index in [4.69, 9.17) is 10.5 Å². The second kappa shape index (κ2) is 7.30. The topological polar surface area (TPSA) is 55.5 Å². The van der Waals surface area contributed by atoms with E-state index >= 15 is 0 Å². The molecule has 0 aromatic heterocycles. The Kier molecular flexibility index (Phi) is 6.01. The van der Waals surface area contributed by atoms with Gasteiger partial charge in [-0.25, -0.2) is 0 Å². The van der Waals surface area contributed by atoms with Crippen LogP contribution in [0.4, 0.5) is 0 Å².